The minimum Gasteiger partial charge on any atom is -0.507 e. The Morgan fingerprint density at radius 2 is 1.83 bits per heavy atom. The van der Waals surface area contributed by atoms with Gasteiger partial charge in [0.1, 0.15) is 11.3 Å². The molecule has 0 aromatic heterocycles. The number of carbonyl (C=O) groups excluding carboxylic acids is 1. The van der Waals surface area contributed by atoms with Gasteiger partial charge in [0.15, 0.2) is 0 Å². The van der Waals surface area contributed by atoms with Gasteiger partial charge in [-0.2, -0.15) is 0 Å². The predicted octanol–water partition coefficient (Wildman–Crippen LogP) is 1.60. The number of hydrogen-bond acceptors (Lipinski definition) is 3. The van der Waals surface area contributed by atoms with Crippen molar-refractivity contribution in [3.05, 3.63) is 41.5 Å². The van der Waals surface area contributed by atoms with Crippen molar-refractivity contribution in [2.75, 3.05) is 7.05 Å². The van der Waals surface area contributed by atoms with Crippen LogP contribution in [-0.4, -0.2) is 29.1 Å². The zero-order valence-electron chi connectivity index (χ0n) is 9.60. The molecule has 0 aliphatic rings. The van der Waals surface area contributed by atoms with Crippen LogP contribution in [0.5, 0.6) is 5.75 Å². The van der Waals surface area contributed by atoms with Crippen molar-refractivity contribution in [1.29, 1.82) is 0 Å². The van der Waals surface area contributed by atoms with Gasteiger partial charge in [-0.1, -0.05) is 6.07 Å². The van der Waals surface area contributed by atoms with E-state index in [1.165, 1.54) is 19.2 Å². The predicted molar refractivity (Wildman–Crippen MR) is 66.0 cm³/mol. The third-order valence-corrected chi connectivity index (χ3v) is 2.67. The molecule has 5 nitrogen and oxygen atoms in total. The quantitative estimate of drug-likeness (QED) is 0.750. The second-order valence-corrected chi connectivity index (χ2v) is 3.82. The van der Waals surface area contributed by atoms with Gasteiger partial charge in [-0.3, -0.25) is 4.79 Å². The molecule has 0 fully saturated rings. The van der Waals surface area contributed by atoms with Gasteiger partial charge in [-0.15, -0.1) is 0 Å². The number of amides is 1. The molecular formula is C13H11NO4. The number of nitrogens with one attached hydrogen (secondary N) is 1. The molecule has 2 aromatic rings. The highest BCUT2D eigenvalue weighted by molar-refractivity contribution is 6.01. The zero-order chi connectivity index (χ0) is 13.3. The van der Waals surface area contributed by atoms with E-state index in [0.717, 1.165) is 0 Å². The second-order valence-electron chi connectivity index (χ2n) is 3.82. The molecule has 0 saturated carbocycles. The molecular weight excluding hydrogens is 234 g/mol. The van der Waals surface area contributed by atoms with E-state index in [4.69, 9.17) is 5.11 Å². The Balaban J connectivity index is 2.65. The smallest absolute Gasteiger partial charge is 0.339 e. The van der Waals surface area contributed by atoms with Crippen molar-refractivity contribution in [3.8, 4) is 5.75 Å². The number of phenols is 1. The highest BCUT2D eigenvalue weighted by atomic mass is 16.4. The lowest BCUT2D eigenvalue weighted by Gasteiger charge is -2.05. The molecule has 0 saturated heterocycles. The lowest BCUT2D eigenvalue weighted by atomic mass is 10.0. The highest BCUT2D eigenvalue weighted by Crippen LogP contribution is 2.25. The van der Waals surface area contributed by atoms with Crippen LogP contribution in [0, 0.1) is 0 Å². The van der Waals surface area contributed by atoms with Crippen molar-refractivity contribution in [2.45, 2.75) is 0 Å². The van der Waals surface area contributed by atoms with E-state index >= 15 is 0 Å². The maximum atomic E-state index is 11.5. The van der Waals surface area contributed by atoms with Crippen molar-refractivity contribution in [1.82, 2.24) is 5.32 Å². The maximum Gasteiger partial charge on any atom is 0.339 e. The van der Waals surface area contributed by atoms with E-state index in [0.29, 0.717) is 16.3 Å². The molecule has 5 heteroatoms. The summed E-state index contributed by atoms with van der Waals surface area (Å²) in [6.07, 6.45) is 0. The Morgan fingerprint density at radius 3 is 2.44 bits per heavy atom. The van der Waals surface area contributed by atoms with E-state index in [-0.39, 0.29) is 17.2 Å². The van der Waals surface area contributed by atoms with Crippen LogP contribution >= 0.6 is 0 Å². The number of hydrogen-bond donors (Lipinski definition) is 3. The lowest BCUT2D eigenvalue weighted by molar-refractivity contribution is 0.0693. The summed E-state index contributed by atoms with van der Waals surface area (Å²) in [5, 5.41) is 22.2. The van der Waals surface area contributed by atoms with E-state index in [2.05, 4.69) is 5.32 Å². The third kappa shape index (κ3) is 1.98. The van der Waals surface area contributed by atoms with E-state index in [1.54, 1.807) is 18.2 Å². The molecule has 0 radical (unpaired) electrons. The summed E-state index contributed by atoms with van der Waals surface area (Å²) >= 11 is 0. The summed E-state index contributed by atoms with van der Waals surface area (Å²) in [7, 11) is 1.52. The summed E-state index contributed by atoms with van der Waals surface area (Å²) in [4.78, 5) is 22.4. The summed E-state index contributed by atoms with van der Waals surface area (Å²) in [6.45, 7) is 0. The number of rotatable bonds is 2. The highest BCUT2D eigenvalue weighted by Gasteiger charge is 2.12. The van der Waals surface area contributed by atoms with Crippen LogP contribution in [0.15, 0.2) is 30.3 Å². The summed E-state index contributed by atoms with van der Waals surface area (Å²) < 4.78 is 0. The fourth-order valence-electron chi connectivity index (χ4n) is 1.74. The van der Waals surface area contributed by atoms with Crippen molar-refractivity contribution in [3.63, 3.8) is 0 Å². The number of carboxylic acids is 1. The molecule has 0 spiro atoms. The van der Waals surface area contributed by atoms with Crippen LogP contribution in [-0.2, 0) is 0 Å². The number of aromatic carboxylic acids is 1. The van der Waals surface area contributed by atoms with Gasteiger partial charge < -0.3 is 15.5 Å². The van der Waals surface area contributed by atoms with E-state index in [9.17, 15) is 14.7 Å². The van der Waals surface area contributed by atoms with Crippen LogP contribution in [0.2, 0.25) is 0 Å². The largest absolute Gasteiger partial charge is 0.507 e. The topological polar surface area (TPSA) is 86.6 Å². The van der Waals surface area contributed by atoms with Gasteiger partial charge >= 0.3 is 5.97 Å². The summed E-state index contributed by atoms with van der Waals surface area (Å²) in [6, 6.07) is 7.57. The molecule has 1 amide bonds. The molecule has 2 rings (SSSR count). The molecule has 0 heterocycles. The first-order valence-corrected chi connectivity index (χ1v) is 5.25. The number of fused-ring (bicyclic) bond motifs is 1. The zero-order valence-corrected chi connectivity index (χ0v) is 9.60. The SMILES string of the molecule is CNC(=O)c1ccc2cc(O)c(C(=O)O)cc2c1. The summed E-state index contributed by atoms with van der Waals surface area (Å²) in [5.74, 6) is -1.75. The Kier molecular flexibility index (Phi) is 2.89. The first-order chi connectivity index (χ1) is 8.52. The monoisotopic (exact) mass is 245 g/mol. The average molecular weight is 245 g/mol. The minimum atomic E-state index is -1.21. The fraction of sp³-hybridized carbons (Fsp3) is 0.0769. The van der Waals surface area contributed by atoms with Crippen LogP contribution in [0.25, 0.3) is 10.8 Å². The Morgan fingerprint density at radius 1 is 1.11 bits per heavy atom. The Hall–Kier alpha value is -2.56. The minimum absolute atomic E-state index is 0.184. The molecule has 0 aliphatic carbocycles. The van der Waals surface area contributed by atoms with Crippen molar-refractivity contribution >= 4 is 22.6 Å². The summed E-state index contributed by atoms with van der Waals surface area (Å²) in [5.41, 5.74) is 0.253. The van der Waals surface area contributed by atoms with Gasteiger partial charge in [0.25, 0.3) is 5.91 Å². The number of carboxylic acid groups (broad SMARTS) is 1. The second kappa shape index (κ2) is 4.37. The van der Waals surface area contributed by atoms with Gasteiger partial charge in [-0.25, -0.2) is 4.79 Å². The number of benzene rings is 2. The van der Waals surface area contributed by atoms with Gasteiger partial charge in [0, 0.05) is 12.6 Å². The van der Waals surface area contributed by atoms with Gasteiger partial charge in [-0.05, 0) is 35.0 Å². The Labute approximate surface area is 103 Å². The molecule has 0 atom stereocenters. The maximum absolute atomic E-state index is 11.5. The number of carbonyl (C=O) groups is 2. The Bertz CT molecular complexity index is 649. The number of aromatic hydroxyl groups is 1. The molecule has 2 aromatic carbocycles. The average Bonchev–Trinajstić information content (AvgIpc) is 2.36. The normalized spacial score (nSPS) is 10.3. The first kappa shape index (κ1) is 11.9. The molecule has 0 unspecified atom stereocenters. The van der Waals surface area contributed by atoms with E-state index < -0.39 is 5.97 Å². The van der Waals surface area contributed by atoms with Crippen molar-refractivity contribution in [2.24, 2.45) is 0 Å². The molecule has 18 heavy (non-hydrogen) atoms. The van der Waals surface area contributed by atoms with Crippen LogP contribution < -0.4 is 5.32 Å². The van der Waals surface area contributed by atoms with Crippen LogP contribution in [0.1, 0.15) is 20.7 Å². The van der Waals surface area contributed by atoms with Crippen LogP contribution in [0.3, 0.4) is 0 Å². The van der Waals surface area contributed by atoms with Gasteiger partial charge in [0.2, 0.25) is 0 Å². The third-order valence-electron chi connectivity index (χ3n) is 2.67. The fourth-order valence-corrected chi connectivity index (χ4v) is 1.74. The molecule has 0 bridgehead atoms. The van der Waals surface area contributed by atoms with Crippen LogP contribution in [0.4, 0.5) is 0 Å². The lowest BCUT2D eigenvalue weighted by Crippen LogP contribution is -2.17. The van der Waals surface area contributed by atoms with Gasteiger partial charge in [0.05, 0.1) is 0 Å². The molecule has 92 valence electrons. The molecule has 3 N–H and O–H groups in total. The molecule has 0 aliphatic heterocycles. The standard InChI is InChI=1S/C13H11NO4/c1-14-12(16)8-3-2-7-6-11(15)10(13(17)18)5-9(7)4-8/h2-6,15H,1H3,(H,14,16)(H,17,18). The first-order valence-electron chi connectivity index (χ1n) is 5.25. The van der Waals surface area contributed by atoms with E-state index in [1.807, 2.05) is 0 Å². The van der Waals surface area contributed by atoms with Crippen molar-refractivity contribution < 1.29 is 19.8 Å².